The number of nitrogen functional groups attached to an aromatic ring is 1. The summed E-state index contributed by atoms with van der Waals surface area (Å²) in [6.45, 7) is 9.09. The first-order valence-corrected chi connectivity index (χ1v) is 9.72. The Balaban J connectivity index is 1.78. The highest BCUT2D eigenvalue weighted by atomic mass is 19.1. The Morgan fingerprint density at radius 3 is 2.64 bits per heavy atom. The van der Waals surface area contributed by atoms with Crippen LogP contribution in [0.4, 0.5) is 10.3 Å². The number of carbonyl (C=O) groups excluding carboxylic acids is 1. The Morgan fingerprint density at radius 1 is 1.29 bits per heavy atom. The largest absolute Gasteiger partial charge is 0.368 e. The number of amides is 1. The molecule has 2 N–H and O–H groups in total. The zero-order valence-corrected chi connectivity index (χ0v) is 16.7. The first-order chi connectivity index (χ1) is 13.3. The van der Waals surface area contributed by atoms with Crippen LogP contribution >= 0.6 is 0 Å². The molecule has 0 aliphatic carbocycles. The van der Waals surface area contributed by atoms with Crippen LogP contribution in [0, 0.1) is 18.7 Å². The summed E-state index contributed by atoms with van der Waals surface area (Å²) in [4.78, 5) is 25.5. The fourth-order valence-electron chi connectivity index (χ4n) is 3.77. The molecule has 0 spiro atoms. The van der Waals surface area contributed by atoms with E-state index in [-0.39, 0.29) is 23.7 Å². The molecule has 0 unspecified atom stereocenters. The molecule has 1 aliphatic rings. The van der Waals surface area contributed by atoms with Gasteiger partial charge in [-0.3, -0.25) is 9.69 Å². The molecule has 28 heavy (non-hydrogen) atoms. The minimum absolute atomic E-state index is 0.0493. The number of nitrogens with zero attached hydrogens (tertiary/aromatic N) is 4. The average Bonchev–Trinajstić information content (AvgIpc) is 2.86. The van der Waals surface area contributed by atoms with E-state index in [0.29, 0.717) is 30.3 Å². The molecule has 0 bridgehead atoms. The maximum atomic E-state index is 13.2. The van der Waals surface area contributed by atoms with Gasteiger partial charge in [-0.25, -0.2) is 14.4 Å². The standard InChI is InChI=1S/C21H28FN5O/c1-14(2)19-13-27(20(28)18-11-24-21(23)25-15(18)3)10-4-9-26(19)12-16-5-7-17(22)8-6-16/h5-8,11,14,19H,4,9-10,12-13H2,1-3H3,(H2,23,24,25)/t19-/m0/s1. The van der Waals surface area contributed by atoms with Gasteiger partial charge in [-0.1, -0.05) is 26.0 Å². The Morgan fingerprint density at radius 2 is 2.00 bits per heavy atom. The SMILES string of the molecule is Cc1nc(N)ncc1C(=O)N1CCCN(Cc2ccc(F)cc2)[C@H](C(C)C)C1. The molecule has 1 atom stereocenters. The molecule has 3 rings (SSSR count). The van der Waals surface area contributed by atoms with Crippen LogP contribution in [0.15, 0.2) is 30.5 Å². The van der Waals surface area contributed by atoms with Crippen LogP contribution in [0.5, 0.6) is 0 Å². The number of benzene rings is 1. The molecular weight excluding hydrogens is 357 g/mol. The van der Waals surface area contributed by atoms with Crippen molar-refractivity contribution >= 4 is 11.9 Å². The van der Waals surface area contributed by atoms with Crippen LogP contribution in [0.3, 0.4) is 0 Å². The van der Waals surface area contributed by atoms with Gasteiger partial charge in [-0.05, 0) is 37.0 Å². The van der Waals surface area contributed by atoms with Crippen molar-refractivity contribution in [3.05, 3.63) is 53.1 Å². The van der Waals surface area contributed by atoms with Crippen LogP contribution in [-0.2, 0) is 6.54 Å². The highest BCUT2D eigenvalue weighted by molar-refractivity contribution is 5.95. The molecule has 2 aromatic rings. The lowest BCUT2D eigenvalue weighted by Gasteiger charge is -2.34. The van der Waals surface area contributed by atoms with Crippen molar-refractivity contribution in [1.82, 2.24) is 19.8 Å². The van der Waals surface area contributed by atoms with E-state index >= 15 is 0 Å². The predicted octanol–water partition coefficient (Wildman–Crippen LogP) is 2.88. The van der Waals surface area contributed by atoms with Crippen molar-refractivity contribution in [3.63, 3.8) is 0 Å². The number of halogens is 1. The van der Waals surface area contributed by atoms with E-state index in [1.165, 1.54) is 18.3 Å². The molecule has 1 fully saturated rings. The van der Waals surface area contributed by atoms with E-state index in [1.807, 2.05) is 17.0 Å². The minimum atomic E-state index is -0.224. The second kappa shape index (κ2) is 8.65. The summed E-state index contributed by atoms with van der Waals surface area (Å²) < 4.78 is 13.2. The maximum absolute atomic E-state index is 13.2. The monoisotopic (exact) mass is 385 g/mol. The van der Waals surface area contributed by atoms with Gasteiger partial charge in [-0.15, -0.1) is 0 Å². The Labute approximate surface area is 165 Å². The summed E-state index contributed by atoms with van der Waals surface area (Å²) in [5, 5.41) is 0. The van der Waals surface area contributed by atoms with Crippen molar-refractivity contribution in [2.24, 2.45) is 5.92 Å². The molecule has 0 saturated carbocycles. The van der Waals surface area contributed by atoms with E-state index in [0.717, 1.165) is 25.1 Å². The number of aryl methyl sites for hydroxylation is 1. The maximum Gasteiger partial charge on any atom is 0.257 e. The van der Waals surface area contributed by atoms with Gasteiger partial charge in [0.25, 0.3) is 5.91 Å². The number of hydrogen-bond acceptors (Lipinski definition) is 5. The van der Waals surface area contributed by atoms with Gasteiger partial charge in [0.1, 0.15) is 5.82 Å². The minimum Gasteiger partial charge on any atom is -0.368 e. The first-order valence-electron chi connectivity index (χ1n) is 9.72. The van der Waals surface area contributed by atoms with Crippen molar-refractivity contribution in [3.8, 4) is 0 Å². The highest BCUT2D eigenvalue weighted by Gasteiger charge is 2.30. The van der Waals surface area contributed by atoms with Gasteiger partial charge in [-0.2, -0.15) is 0 Å². The zero-order chi connectivity index (χ0) is 20.3. The number of aromatic nitrogens is 2. The molecule has 7 heteroatoms. The van der Waals surface area contributed by atoms with E-state index in [2.05, 4.69) is 28.7 Å². The van der Waals surface area contributed by atoms with Crippen LogP contribution in [0.1, 0.15) is 41.9 Å². The number of hydrogen-bond donors (Lipinski definition) is 1. The molecule has 1 aliphatic heterocycles. The van der Waals surface area contributed by atoms with Gasteiger partial charge in [0.05, 0.1) is 11.3 Å². The van der Waals surface area contributed by atoms with Crippen LogP contribution < -0.4 is 5.73 Å². The summed E-state index contributed by atoms with van der Waals surface area (Å²) in [7, 11) is 0. The number of rotatable bonds is 4. The topological polar surface area (TPSA) is 75.3 Å². The zero-order valence-electron chi connectivity index (χ0n) is 16.7. The third-order valence-electron chi connectivity index (χ3n) is 5.33. The molecule has 1 amide bonds. The van der Waals surface area contributed by atoms with Crippen molar-refractivity contribution in [2.45, 2.75) is 39.8 Å². The quantitative estimate of drug-likeness (QED) is 0.876. The summed E-state index contributed by atoms with van der Waals surface area (Å²) >= 11 is 0. The van der Waals surface area contributed by atoms with Gasteiger partial charge in [0.15, 0.2) is 0 Å². The number of carbonyl (C=O) groups is 1. The Hall–Kier alpha value is -2.54. The molecule has 1 aromatic heterocycles. The van der Waals surface area contributed by atoms with Crippen molar-refractivity contribution < 1.29 is 9.18 Å². The van der Waals surface area contributed by atoms with Crippen molar-refractivity contribution in [1.29, 1.82) is 0 Å². The molecule has 6 nitrogen and oxygen atoms in total. The molecule has 0 radical (unpaired) electrons. The number of nitrogens with two attached hydrogens (primary N) is 1. The summed E-state index contributed by atoms with van der Waals surface area (Å²) in [6, 6.07) is 6.87. The lowest BCUT2D eigenvalue weighted by atomic mass is 10.0. The Kier molecular flexibility index (Phi) is 6.24. The summed E-state index contributed by atoms with van der Waals surface area (Å²) in [5.74, 6) is 0.276. The molecule has 1 saturated heterocycles. The second-order valence-electron chi connectivity index (χ2n) is 7.74. The highest BCUT2D eigenvalue weighted by Crippen LogP contribution is 2.22. The molecule has 1 aromatic carbocycles. The number of anilines is 1. The smallest absolute Gasteiger partial charge is 0.257 e. The lowest BCUT2D eigenvalue weighted by Crippen LogP contribution is -2.45. The van der Waals surface area contributed by atoms with E-state index < -0.39 is 0 Å². The average molecular weight is 385 g/mol. The normalized spacial score (nSPS) is 18.3. The summed E-state index contributed by atoms with van der Waals surface area (Å²) in [5.41, 5.74) is 7.80. The van der Waals surface area contributed by atoms with E-state index in [1.54, 1.807) is 6.92 Å². The van der Waals surface area contributed by atoms with Gasteiger partial charge in [0.2, 0.25) is 5.95 Å². The van der Waals surface area contributed by atoms with Gasteiger partial charge < -0.3 is 10.6 Å². The van der Waals surface area contributed by atoms with E-state index in [9.17, 15) is 9.18 Å². The van der Waals surface area contributed by atoms with Crippen LogP contribution in [0.25, 0.3) is 0 Å². The molecule has 150 valence electrons. The first kappa shape index (κ1) is 20.2. The van der Waals surface area contributed by atoms with E-state index in [4.69, 9.17) is 5.73 Å². The van der Waals surface area contributed by atoms with Gasteiger partial charge >= 0.3 is 0 Å². The predicted molar refractivity (Wildman–Crippen MR) is 107 cm³/mol. The van der Waals surface area contributed by atoms with Gasteiger partial charge in [0, 0.05) is 38.4 Å². The second-order valence-corrected chi connectivity index (χ2v) is 7.74. The molecule has 2 heterocycles. The van der Waals surface area contributed by atoms with Crippen molar-refractivity contribution in [2.75, 3.05) is 25.4 Å². The fraction of sp³-hybridized carbons (Fsp3) is 0.476. The lowest BCUT2D eigenvalue weighted by molar-refractivity contribution is 0.0701. The third-order valence-corrected chi connectivity index (χ3v) is 5.33. The third kappa shape index (κ3) is 4.65. The van der Waals surface area contributed by atoms with Crippen LogP contribution in [0.2, 0.25) is 0 Å². The van der Waals surface area contributed by atoms with Crippen LogP contribution in [-0.4, -0.2) is 51.4 Å². The fourth-order valence-corrected chi connectivity index (χ4v) is 3.77. The molecular formula is C21H28FN5O. The Bertz CT molecular complexity index is 824. The summed E-state index contributed by atoms with van der Waals surface area (Å²) in [6.07, 6.45) is 2.40.